The van der Waals surface area contributed by atoms with E-state index >= 15 is 0 Å². The molecule has 0 aromatic carbocycles. The zero-order chi connectivity index (χ0) is 20.1. The predicted molar refractivity (Wildman–Crippen MR) is 103 cm³/mol. The second-order valence-electron chi connectivity index (χ2n) is 6.16. The summed E-state index contributed by atoms with van der Waals surface area (Å²) in [5.74, 6) is -1.72. The van der Waals surface area contributed by atoms with Gasteiger partial charge in [0.2, 0.25) is 0 Å². The lowest BCUT2D eigenvalue weighted by Gasteiger charge is -2.09. The number of pyridine rings is 1. The molecule has 148 valence electrons. The maximum absolute atomic E-state index is 12.3. The average Bonchev–Trinajstić information content (AvgIpc) is 3.22. The quantitative estimate of drug-likeness (QED) is 0.705. The van der Waals surface area contributed by atoms with Crippen LogP contribution in [0.15, 0.2) is 29.2 Å². The fraction of sp³-hybridized carbons (Fsp3) is 0.368. The van der Waals surface area contributed by atoms with Crippen LogP contribution in [0.3, 0.4) is 0 Å². The number of hydrogen-bond acceptors (Lipinski definition) is 7. The number of nitrogens with zero attached hydrogens (tertiary/aromatic N) is 1. The van der Waals surface area contributed by atoms with Crippen LogP contribution >= 0.6 is 11.3 Å². The molecule has 0 bridgehead atoms. The van der Waals surface area contributed by atoms with Gasteiger partial charge >= 0.3 is 11.9 Å². The molecule has 2 aromatic rings. The van der Waals surface area contributed by atoms with Crippen LogP contribution < -0.4 is 10.9 Å². The molecule has 1 aliphatic carbocycles. The second kappa shape index (κ2) is 8.83. The summed E-state index contributed by atoms with van der Waals surface area (Å²) >= 11 is 1.35. The maximum atomic E-state index is 12.3. The van der Waals surface area contributed by atoms with Crippen LogP contribution in [0.5, 0.6) is 0 Å². The van der Waals surface area contributed by atoms with Crippen LogP contribution in [0.2, 0.25) is 0 Å². The van der Waals surface area contributed by atoms with Crippen LogP contribution in [-0.2, 0) is 38.4 Å². The Morgan fingerprint density at radius 3 is 2.79 bits per heavy atom. The Morgan fingerprint density at radius 2 is 2.04 bits per heavy atom. The molecule has 1 N–H and O–H groups in total. The molecule has 9 heteroatoms. The van der Waals surface area contributed by atoms with Crippen molar-refractivity contribution in [1.82, 2.24) is 4.57 Å². The van der Waals surface area contributed by atoms with E-state index in [2.05, 4.69) is 5.32 Å². The number of fused-ring (bicyclic) bond motifs is 1. The van der Waals surface area contributed by atoms with Gasteiger partial charge in [0.25, 0.3) is 11.5 Å². The highest BCUT2D eigenvalue weighted by Gasteiger charge is 2.28. The Hall–Kier alpha value is -2.94. The molecule has 0 unspecified atom stereocenters. The molecule has 2 aromatic heterocycles. The van der Waals surface area contributed by atoms with Gasteiger partial charge in [-0.05, 0) is 37.8 Å². The predicted octanol–water partition coefficient (Wildman–Crippen LogP) is 1.76. The van der Waals surface area contributed by atoms with Crippen LogP contribution in [-0.4, -0.2) is 35.6 Å². The third-order valence-electron chi connectivity index (χ3n) is 4.22. The van der Waals surface area contributed by atoms with Gasteiger partial charge in [-0.1, -0.05) is 6.07 Å². The summed E-state index contributed by atoms with van der Waals surface area (Å²) in [5.41, 5.74) is 0.991. The number of carbonyl (C=O) groups excluding carboxylic acids is 3. The molecule has 0 saturated carbocycles. The number of nitrogens with one attached hydrogen (secondary N) is 1. The van der Waals surface area contributed by atoms with Crippen molar-refractivity contribution in [2.24, 2.45) is 0 Å². The molecule has 8 nitrogen and oxygen atoms in total. The second-order valence-corrected chi connectivity index (χ2v) is 7.26. The number of aryl methyl sites for hydroxylation is 1. The summed E-state index contributed by atoms with van der Waals surface area (Å²) in [6, 6.07) is 4.51. The zero-order valence-corrected chi connectivity index (χ0v) is 16.2. The number of anilines is 1. The number of esters is 2. The topological polar surface area (TPSA) is 104 Å². The molecule has 0 radical (unpaired) electrons. The number of carbonyl (C=O) groups is 3. The van der Waals surface area contributed by atoms with E-state index < -0.39 is 24.5 Å². The summed E-state index contributed by atoms with van der Waals surface area (Å²) in [6.45, 7) is 1.17. The van der Waals surface area contributed by atoms with Gasteiger partial charge in [-0.25, -0.2) is 4.79 Å². The number of amides is 1. The molecule has 1 aliphatic rings. The summed E-state index contributed by atoms with van der Waals surface area (Å²) in [6.07, 6.45) is 4.07. The van der Waals surface area contributed by atoms with Crippen LogP contribution in [0, 0.1) is 0 Å². The lowest BCUT2D eigenvalue weighted by molar-refractivity contribution is -0.147. The first-order chi connectivity index (χ1) is 13.5. The summed E-state index contributed by atoms with van der Waals surface area (Å²) in [5, 5.41) is 3.06. The van der Waals surface area contributed by atoms with Gasteiger partial charge in [0.1, 0.15) is 11.5 Å². The van der Waals surface area contributed by atoms with Crippen molar-refractivity contribution in [2.45, 2.75) is 32.7 Å². The molecule has 0 spiro atoms. The van der Waals surface area contributed by atoms with Crippen molar-refractivity contribution in [3.05, 3.63) is 50.8 Å². The molecule has 1 amide bonds. The Bertz CT molecular complexity index is 962. The minimum Gasteiger partial charge on any atom is -0.462 e. The minimum atomic E-state index is -0.706. The molecule has 0 aliphatic heterocycles. The summed E-state index contributed by atoms with van der Waals surface area (Å²) < 4.78 is 11.2. The maximum Gasteiger partial charge on any atom is 0.341 e. The van der Waals surface area contributed by atoms with Crippen LogP contribution in [0.4, 0.5) is 5.00 Å². The van der Waals surface area contributed by atoms with Gasteiger partial charge in [0.15, 0.2) is 6.61 Å². The van der Waals surface area contributed by atoms with Gasteiger partial charge in [0, 0.05) is 17.1 Å². The van der Waals surface area contributed by atoms with E-state index in [0.717, 1.165) is 29.7 Å². The van der Waals surface area contributed by atoms with Crippen molar-refractivity contribution in [3.8, 4) is 0 Å². The van der Waals surface area contributed by atoms with Crippen molar-refractivity contribution >= 4 is 34.2 Å². The van der Waals surface area contributed by atoms with Crippen LogP contribution in [0.25, 0.3) is 0 Å². The van der Waals surface area contributed by atoms with Crippen molar-refractivity contribution in [1.29, 1.82) is 0 Å². The number of thiophene rings is 1. The first-order valence-electron chi connectivity index (χ1n) is 8.92. The van der Waals surface area contributed by atoms with Crippen molar-refractivity contribution in [2.75, 3.05) is 18.5 Å². The SMILES string of the molecule is CCOC(=O)c1c(NC(=O)COC(=O)Cn2ccccc2=O)sc2c1CCC2. The van der Waals surface area contributed by atoms with E-state index in [9.17, 15) is 19.2 Å². The van der Waals surface area contributed by atoms with Crippen LogP contribution in [0.1, 0.15) is 34.1 Å². The first-order valence-corrected chi connectivity index (χ1v) is 9.73. The van der Waals surface area contributed by atoms with Gasteiger partial charge in [-0.2, -0.15) is 0 Å². The van der Waals surface area contributed by atoms with Gasteiger partial charge in [0.05, 0.1) is 12.2 Å². The zero-order valence-electron chi connectivity index (χ0n) is 15.4. The number of rotatable bonds is 7. The highest BCUT2D eigenvalue weighted by molar-refractivity contribution is 7.17. The largest absolute Gasteiger partial charge is 0.462 e. The number of ether oxygens (including phenoxy) is 2. The monoisotopic (exact) mass is 404 g/mol. The highest BCUT2D eigenvalue weighted by atomic mass is 32.1. The fourth-order valence-electron chi connectivity index (χ4n) is 3.00. The van der Waals surface area contributed by atoms with Gasteiger partial charge in [-0.15, -0.1) is 11.3 Å². The molecule has 0 saturated heterocycles. The molecule has 0 atom stereocenters. The number of hydrogen-bond donors (Lipinski definition) is 1. The standard InChI is InChI=1S/C19H20N2O6S/c1-2-26-19(25)17-12-6-5-7-13(12)28-18(17)20-14(22)11-27-16(24)10-21-9-4-3-8-15(21)23/h3-4,8-9H,2,5-7,10-11H2,1H3,(H,20,22). The van der Waals surface area contributed by atoms with Gasteiger partial charge in [-0.3, -0.25) is 14.4 Å². The summed E-state index contributed by atoms with van der Waals surface area (Å²) in [7, 11) is 0. The van der Waals surface area contributed by atoms with E-state index in [1.165, 1.54) is 28.2 Å². The summed E-state index contributed by atoms with van der Waals surface area (Å²) in [4.78, 5) is 49.0. The lowest BCUT2D eigenvalue weighted by atomic mass is 10.1. The van der Waals surface area contributed by atoms with E-state index in [-0.39, 0.29) is 18.7 Å². The van der Waals surface area contributed by atoms with Gasteiger partial charge < -0.3 is 19.4 Å². The normalized spacial score (nSPS) is 12.3. The molecular weight excluding hydrogens is 384 g/mol. The van der Waals surface area contributed by atoms with E-state index in [0.29, 0.717) is 10.6 Å². The third-order valence-corrected chi connectivity index (χ3v) is 5.42. The molecular formula is C19H20N2O6S. The molecule has 0 fully saturated rings. The van der Waals surface area contributed by atoms with E-state index in [1.807, 2.05) is 0 Å². The smallest absolute Gasteiger partial charge is 0.341 e. The fourth-order valence-corrected chi connectivity index (χ4v) is 4.29. The molecule has 3 rings (SSSR count). The average molecular weight is 404 g/mol. The highest BCUT2D eigenvalue weighted by Crippen LogP contribution is 2.39. The van der Waals surface area contributed by atoms with Crippen molar-refractivity contribution < 1.29 is 23.9 Å². The Labute approximate surface area is 165 Å². The Kier molecular flexibility index (Phi) is 6.25. The minimum absolute atomic E-state index is 0.243. The molecule has 2 heterocycles. The van der Waals surface area contributed by atoms with E-state index in [1.54, 1.807) is 19.1 Å². The lowest BCUT2D eigenvalue weighted by Crippen LogP contribution is -2.27. The Balaban J connectivity index is 1.61. The third kappa shape index (κ3) is 4.48. The Morgan fingerprint density at radius 1 is 1.21 bits per heavy atom. The number of aromatic nitrogens is 1. The first kappa shape index (κ1) is 19.8. The van der Waals surface area contributed by atoms with E-state index in [4.69, 9.17) is 9.47 Å². The van der Waals surface area contributed by atoms with Crippen molar-refractivity contribution in [3.63, 3.8) is 0 Å². The molecule has 28 heavy (non-hydrogen) atoms.